The summed E-state index contributed by atoms with van der Waals surface area (Å²) < 4.78 is 5.54. The normalized spacial score (nSPS) is 16.3. The number of nitrogens with two attached hydrogens (primary N) is 1. The first-order valence-corrected chi connectivity index (χ1v) is 9.14. The molecule has 3 rings (SSSR count). The molecule has 7 nitrogen and oxygen atoms in total. The smallest absolute Gasteiger partial charge is 0.295 e. The van der Waals surface area contributed by atoms with E-state index in [1.54, 1.807) is 12.5 Å². The van der Waals surface area contributed by atoms with Gasteiger partial charge in [0.2, 0.25) is 11.8 Å². The average Bonchev–Trinajstić information content (AvgIpc) is 3.07. The van der Waals surface area contributed by atoms with Gasteiger partial charge in [-0.1, -0.05) is 44.2 Å². The molecule has 2 amide bonds. The summed E-state index contributed by atoms with van der Waals surface area (Å²) in [7, 11) is 0. The maximum Gasteiger partial charge on any atom is 0.295 e. The topological polar surface area (TPSA) is 110 Å². The SMILES string of the molecule is NC(=O)C(CNc1nc2ccccc2o1)NC(=O)[CH]CC1CCCCC1. The van der Waals surface area contributed by atoms with Crippen LogP contribution in [0.2, 0.25) is 0 Å². The van der Waals surface area contributed by atoms with Crippen LogP contribution in [0.15, 0.2) is 28.7 Å². The van der Waals surface area contributed by atoms with E-state index in [2.05, 4.69) is 15.6 Å². The van der Waals surface area contributed by atoms with E-state index in [9.17, 15) is 9.59 Å². The van der Waals surface area contributed by atoms with Crippen molar-refractivity contribution in [1.82, 2.24) is 10.3 Å². The first-order valence-electron chi connectivity index (χ1n) is 9.14. The lowest BCUT2D eigenvalue weighted by atomic mass is 9.86. The number of oxazole rings is 1. The second kappa shape index (κ2) is 8.69. The zero-order valence-electron chi connectivity index (χ0n) is 14.7. The average molecular weight is 357 g/mol. The lowest BCUT2D eigenvalue weighted by Crippen LogP contribution is -2.48. The van der Waals surface area contributed by atoms with Gasteiger partial charge in [-0.15, -0.1) is 0 Å². The lowest BCUT2D eigenvalue weighted by Gasteiger charge is -2.21. The zero-order valence-corrected chi connectivity index (χ0v) is 14.7. The van der Waals surface area contributed by atoms with Crippen molar-refractivity contribution in [2.24, 2.45) is 11.7 Å². The molecule has 1 heterocycles. The molecular weight excluding hydrogens is 332 g/mol. The number of aromatic nitrogens is 1. The van der Waals surface area contributed by atoms with E-state index in [0.29, 0.717) is 11.5 Å². The van der Waals surface area contributed by atoms with Gasteiger partial charge in [-0.25, -0.2) is 0 Å². The number of carbonyl (C=O) groups excluding carboxylic acids is 2. The van der Waals surface area contributed by atoms with Crippen molar-refractivity contribution in [2.45, 2.75) is 44.6 Å². The van der Waals surface area contributed by atoms with E-state index in [4.69, 9.17) is 10.2 Å². The molecule has 139 valence electrons. The zero-order chi connectivity index (χ0) is 18.4. The molecule has 1 aliphatic carbocycles. The number of nitrogens with one attached hydrogen (secondary N) is 2. The molecular formula is C19H25N4O3. The maximum atomic E-state index is 12.1. The summed E-state index contributed by atoms with van der Waals surface area (Å²) in [4.78, 5) is 28.0. The first kappa shape index (κ1) is 18.2. The molecule has 0 spiro atoms. The van der Waals surface area contributed by atoms with Gasteiger partial charge >= 0.3 is 0 Å². The monoisotopic (exact) mass is 357 g/mol. The molecule has 1 radical (unpaired) electrons. The van der Waals surface area contributed by atoms with Gasteiger partial charge in [-0.05, 0) is 24.5 Å². The van der Waals surface area contributed by atoms with Crippen LogP contribution in [0, 0.1) is 12.3 Å². The Morgan fingerprint density at radius 3 is 2.77 bits per heavy atom. The number of hydrogen-bond donors (Lipinski definition) is 3. The number of carbonyl (C=O) groups is 2. The summed E-state index contributed by atoms with van der Waals surface area (Å²) >= 11 is 0. The van der Waals surface area contributed by atoms with Crippen LogP contribution in [-0.4, -0.2) is 29.4 Å². The molecule has 0 bridgehead atoms. The van der Waals surface area contributed by atoms with E-state index in [1.807, 2.05) is 18.2 Å². The largest absolute Gasteiger partial charge is 0.424 e. The number of hydrogen-bond acceptors (Lipinski definition) is 5. The molecule has 7 heteroatoms. The minimum Gasteiger partial charge on any atom is -0.424 e. The van der Waals surface area contributed by atoms with Crippen LogP contribution in [-0.2, 0) is 9.59 Å². The van der Waals surface area contributed by atoms with Gasteiger partial charge < -0.3 is 20.8 Å². The molecule has 1 saturated carbocycles. The first-order chi connectivity index (χ1) is 12.6. The number of rotatable bonds is 8. The maximum absolute atomic E-state index is 12.1. The molecule has 1 atom stereocenters. The third kappa shape index (κ3) is 4.97. The van der Waals surface area contributed by atoms with Crippen LogP contribution in [0.1, 0.15) is 38.5 Å². The minimum atomic E-state index is -0.833. The third-order valence-electron chi connectivity index (χ3n) is 4.77. The summed E-state index contributed by atoms with van der Waals surface area (Å²) in [5.74, 6) is -0.300. The second-order valence-electron chi connectivity index (χ2n) is 6.78. The van der Waals surface area contributed by atoms with E-state index >= 15 is 0 Å². The van der Waals surface area contributed by atoms with Gasteiger partial charge in [0.25, 0.3) is 6.01 Å². The van der Waals surface area contributed by atoms with Gasteiger partial charge in [-0.2, -0.15) is 4.98 Å². The third-order valence-corrected chi connectivity index (χ3v) is 4.77. The number of anilines is 1. The Morgan fingerprint density at radius 2 is 2.04 bits per heavy atom. The van der Waals surface area contributed by atoms with Crippen molar-refractivity contribution in [1.29, 1.82) is 0 Å². The molecule has 1 unspecified atom stereocenters. The highest BCUT2D eigenvalue weighted by Gasteiger charge is 2.20. The fourth-order valence-electron chi connectivity index (χ4n) is 3.29. The van der Waals surface area contributed by atoms with Gasteiger partial charge in [0.1, 0.15) is 11.6 Å². The Hall–Kier alpha value is -2.57. The summed E-state index contributed by atoms with van der Waals surface area (Å²) in [6.45, 7) is 0.116. The fraction of sp³-hybridized carbons (Fsp3) is 0.474. The summed E-state index contributed by atoms with van der Waals surface area (Å²) in [5.41, 5.74) is 6.77. The van der Waals surface area contributed by atoms with E-state index in [0.717, 1.165) is 11.9 Å². The van der Waals surface area contributed by atoms with Crippen LogP contribution in [0.4, 0.5) is 6.01 Å². The van der Waals surface area contributed by atoms with E-state index < -0.39 is 11.9 Å². The van der Waals surface area contributed by atoms with Crippen molar-refractivity contribution in [2.75, 3.05) is 11.9 Å². The van der Waals surface area contributed by atoms with Crippen molar-refractivity contribution >= 4 is 28.9 Å². The molecule has 0 saturated heterocycles. The van der Waals surface area contributed by atoms with E-state index in [1.165, 1.54) is 32.1 Å². The Bertz CT molecular complexity index is 719. The predicted octanol–water partition coefficient (Wildman–Crippen LogP) is 2.38. The van der Waals surface area contributed by atoms with Gasteiger partial charge in [-0.3, -0.25) is 9.59 Å². The number of benzene rings is 1. The molecule has 1 aromatic heterocycles. The van der Waals surface area contributed by atoms with Crippen LogP contribution in [0.5, 0.6) is 0 Å². The van der Waals surface area contributed by atoms with Gasteiger partial charge in [0.05, 0.1) is 0 Å². The van der Waals surface area contributed by atoms with Crippen LogP contribution >= 0.6 is 0 Å². The Kier molecular flexibility index (Phi) is 6.09. The lowest BCUT2D eigenvalue weighted by molar-refractivity contribution is -0.125. The summed E-state index contributed by atoms with van der Waals surface area (Å²) in [6, 6.07) is 6.81. The Morgan fingerprint density at radius 1 is 1.27 bits per heavy atom. The van der Waals surface area contributed by atoms with Crippen LogP contribution < -0.4 is 16.4 Å². The van der Waals surface area contributed by atoms with Crippen molar-refractivity contribution < 1.29 is 14.0 Å². The molecule has 26 heavy (non-hydrogen) atoms. The quantitative estimate of drug-likeness (QED) is 0.672. The number of primary amides is 1. The van der Waals surface area contributed by atoms with Crippen molar-refractivity contribution in [3.8, 4) is 0 Å². The van der Waals surface area contributed by atoms with Crippen LogP contribution in [0.3, 0.4) is 0 Å². The minimum absolute atomic E-state index is 0.116. The Balaban J connectivity index is 1.48. The van der Waals surface area contributed by atoms with E-state index in [-0.39, 0.29) is 18.5 Å². The number of fused-ring (bicyclic) bond motifs is 1. The number of nitrogens with zero attached hydrogens (tertiary/aromatic N) is 1. The molecule has 1 aliphatic rings. The van der Waals surface area contributed by atoms with Crippen LogP contribution in [0.25, 0.3) is 11.1 Å². The standard InChI is InChI=1S/C19H25N4O3/c20-18(25)15(22-17(24)11-10-13-6-2-1-3-7-13)12-21-19-23-14-8-4-5-9-16(14)26-19/h4-5,8-9,11,13,15H,1-3,6-7,10,12H2,(H2,20,25)(H,21,23)(H,22,24). The van der Waals surface area contributed by atoms with Crippen molar-refractivity contribution in [3.63, 3.8) is 0 Å². The molecule has 0 aliphatic heterocycles. The number of para-hydroxylation sites is 2. The predicted molar refractivity (Wildman–Crippen MR) is 99.1 cm³/mol. The molecule has 1 fully saturated rings. The highest BCUT2D eigenvalue weighted by atomic mass is 16.4. The molecule has 1 aromatic carbocycles. The fourth-order valence-corrected chi connectivity index (χ4v) is 3.29. The van der Waals surface area contributed by atoms with Gasteiger partial charge in [0.15, 0.2) is 5.58 Å². The molecule has 4 N–H and O–H groups in total. The second-order valence-corrected chi connectivity index (χ2v) is 6.78. The highest BCUT2D eigenvalue weighted by molar-refractivity contribution is 5.91. The number of amides is 2. The summed E-state index contributed by atoms with van der Waals surface area (Å²) in [5, 5.41) is 5.58. The Labute approximate surface area is 152 Å². The molecule has 2 aromatic rings. The highest BCUT2D eigenvalue weighted by Crippen LogP contribution is 2.26. The van der Waals surface area contributed by atoms with Crippen molar-refractivity contribution in [3.05, 3.63) is 30.7 Å². The summed E-state index contributed by atoms with van der Waals surface area (Å²) in [6.07, 6.45) is 8.47. The van der Waals surface area contributed by atoms with Gasteiger partial charge in [0, 0.05) is 13.0 Å².